The smallest absolute Gasteiger partial charge is 0.272 e. The van der Waals surface area contributed by atoms with Gasteiger partial charge in [0, 0.05) is 31.1 Å². The second kappa shape index (κ2) is 4.97. The van der Waals surface area contributed by atoms with Gasteiger partial charge in [-0.1, -0.05) is 24.3 Å². The molecule has 0 aliphatic carbocycles. The Morgan fingerprint density at radius 1 is 1.32 bits per heavy atom. The van der Waals surface area contributed by atoms with Gasteiger partial charge < -0.3 is 10.2 Å². The van der Waals surface area contributed by atoms with Gasteiger partial charge in [-0.15, -0.1) is 0 Å². The minimum absolute atomic E-state index is 0.0275. The van der Waals surface area contributed by atoms with Crippen LogP contribution in [0.4, 0.5) is 0 Å². The van der Waals surface area contributed by atoms with Crippen LogP contribution in [0.5, 0.6) is 0 Å². The third kappa shape index (κ3) is 2.31. The number of amides is 1. The molecule has 1 aromatic carbocycles. The number of nitrogens with zero attached hydrogens (tertiary/aromatic N) is 2. The third-order valence-electron chi connectivity index (χ3n) is 3.58. The summed E-state index contributed by atoms with van der Waals surface area (Å²) in [6, 6.07) is 11.9. The van der Waals surface area contributed by atoms with E-state index in [-0.39, 0.29) is 11.9 Å². The van der Waals surface area contributed by atoms with Gasteiger partial charge in [0.15, 0.2) is 0 Å². The number of pyridine rings is 1. The van der Waals surface area contributed by atoms with E-state index in [2.05, 4.69) is 17.2 Å². The maximum absolute atomic E-state index is 12.5. The zero-order chi connectivity index (χ0) is 13.2. The molecule has 4 nitrogen and oxygen atoms in total. The van der Waals surface area contributed by atoms with Crippen LogP contribution in [0.25, 0.3) is 10.9 Å². The first-order valence-corrected chi connectivity index (χ1v) is 6.63. The van der Waals surface area contributed by atoms with Gasteiger partial charge in [-0.2, -0.15) is 0 Å². The van der Waals surface area contributed by atoms with Gasteiger partial charge in [0.05, 0.1) is 5.52 Å². The number of para-hydroxylation sites is 1. The molecule has 1 aromatic heterocycles. The highest BCUT2D eigenvalue weighted by Crippen LogP contribution is 2.14. The van der Waals surface area contributed by atoms with Crippen molar-refractivity contribution in [3.05, 3.63) is 42.1 Å². The molecule has 1 atom stereocenters. The number of hydrogen-bond acceptors (Lipinski definition) is 3. The van der Waals surface area contributed by atoms with Gasteiger partial charge in [0.2, 0.25) is 0 Å². The summed E-state index contributed by atoms with van der Waals surface area (Å²) in [5.41, 5.74) is 1.41. The number of nitrogens with one attached hydrogen (secondary N) is 1. The highest BCUT2D eigenvalue weighted by Gasteiger charge is 2.24. The second-order valence-corrected chi connectivity index (χ2v) is 4.94. The second-order valence-electron chi connectivity index (χ2n) is 4.94. The number of piperazine rings is 1. The van der Waals surface area contributed by atoms with Crippen LogP contribution in [-0.4, -0.2) is 41.5 Å². The minimum Gasteiger partial charge on any atom is -0.332 e. The lowest BCUT2D eigenvalue weighted by Gasteiger charge is -2.33. The van der Waals surface area contributed by atoms with E-state index in [1.165, 1.54) is 0 Å². The van der Waals surface area contributed by atoms with Crippen molar-refractivity contribution >= 4 is 16.8 Å². The Balaban J connectivity index is 1.92. The Labute approximate surface area is 112 Å². The number of rotatable bonds is 1. The number of benzene rings is 1. The zero-order valence-electron chi connectivity index (χ0n) is 11.0. The standard InChI is InChI=1S/C15H17N3O/c1-11-10-16-8-9-18(11)15(19)14-7-6-12-4-2-3-5-13(12)17-14/h2-7,11,16H,8-10H2,1H3/t11-/m1/s1. The van der Waals surface area contributed by atoms with Crippen molar-refractivity contribution in [3.8, 4) is 0 Å². The maximum Gasteiger partial charge on any atom is 0.272 e. The van der Waals surface area contributed by atoms with E-state index in [4.69, 9.17) is 0 Å². The Kier molecular flexibility index (Phi) is 3.17. The molecule has 1 amide bonds. The van der Waals surface area contributed by atoms with Crippen molar-refractivity contribution in [2.45, 2.75) is 13.0 Å². The van der Waals surface area contributed by atoms with Gasteiger partial charge in [-0.25, -0.2) is 4.98 Å². The number of carbonyl (C=O) groups excluding carboxylic acids is 1. The Hall–Kier alpha value is -1.94. The molecule has 1 N–H and O–H groups in total. The molecule has 0 unspecified atom stereocenters. The Morgan fingerprint density at radius 3 is 3.00 bits per heavy atom. The summed E-state index contributed by atoms with van der Waals surface area (Å²) in [7, 11) is 0. The van der Waals surface area contributed by atoms with Crippen molar-refractivity contribution in [3.63, 3.8) is 0 Å². The third-order valence-corrected chi connectivity index (χ3v) is 3.58. The van der Waals surface area contributed by atoms with Gasteiger partial charge in [0.1, 0.15) is 5.69 Å². The van der Waals surface area contributed by atoms with E-state index in [9.17, 15) is 4.79 Å². The SMILES string of the molecule is C[C@@H]1CNCCN1C(=O)c1ccc2ccccc2n1. The highest BCUT2D eigenvalue weighted by atomic mass is 16.2. The van der Waals surface area contributed by atoms with E-state index in [0.29, 0.717) is 5.69 Å². The molecule has 0 radical (unpaired) electrons. The number of carbonyl (C=O) groups is 1. The van der Waals surface area contributed by atoms with Crippen molar-refractivity contribution in [1.82, 2.24) is 15.2 Å². The Morgan fingerprint density at radius 2 is 2.16 bits per heavy atom. The van der Waals surface area contributed by atoms with Crippen LogP contribution in [0.2, 0.25) is 0 Å². The molecule has 0 bridgehead atoms. The first-order valence-electron chi connectivity index (χ1n) is 6.63. The maximum atomic E-state index is 12.5. The number of aromatic nitrogens is 1. The number of fused-ring (bicyclic) bond motifs is 1. The summed E-state index contributed by atoms with van der Waals surface area (Å²) in [5, 5.41) is 4.35. The van der Waals surface area contributed by atoms with E-state index in [0.717, 1.165) is 30.5 Å². The molecular weight excluding hydrogens is 238 g/mol. The molecule has 98 valence electrons. The lowest BCUT2D eigenvalue weighted by atomic mass is 10.1. The van der Waals surface area contributed by atoms with E-state index in [1.54, 1.807) is 0 Å². The minimum atomic E-state index is 0.0275. The van der Waals surface area contributed by atoms with Crippen molar-refractivity contribution in [2.24, 2.45) is 0 Å². The van der Waals surface area contributed by atoms with E-state index >= 15 is 0 Å². The monoisotopic (exact) mass is 255 g/mol. The average Bonchev–Trinajstić information content (AvgIpc) is 2.46. The summed E-state index contributed by atoms with van der Waals surface area (Å²) in [6.45, 7) is 4.50. The average molecular weight is 255 g/mol. The van der Waals surface area contributed by atoms with Crippen LogP contribution < -0.4 is 5.32 Å². The fourth-order valence-corrected chi connectivity index (χ4v) is 2.48. The molecule has 1 saturated heterocycles. The summed E-state index contributed by atoms with van der Waals surface area (Å²) < 4.78 is 0. The molecule has 1 aliphatic rings. The molecule has 0 saturated carbocycles. The summed E-state index contributed by atoms with van der Waals surface area (Å²) in [6.07, 6.45) is 0. The van der Waals surface area contributed by atoms with Crippen molar-refractivity contribution in [1.29, 1.82) is 0 Å². The fourth-order valence-electron chi connectivity index (χ4n) is 2.48. The largest absolute Gasteiger partial charge is 0.332 e. The molecule has 2 aromatic rings. The first kappa shape index (κ1) is 12.1. The van der Waals surface area contributed by atoms with Gasteiger partial charge in [-0.05, 0) is 19.1 Å². The molecule has 3 rings (SSSR count). The molecule has 19 heavy (non-hydrogen) atoms. The predicted octanol–water partition coefficient (Wildman–Crippen LogP) is 1.67. The van der Waals surface area contributed by atoms with Crippen molar-refractivity contribution in [2.75, 3.05) is 19.6 Å². The molecule has 1 fully saturated rings. The van der Waals surface area contributed by atoms with Crippen LogP contribution in [-0.2, 0) is 0 Å². The highest BCUT2D eigenvalue weighted by molar-refractivity contribution is 5.95. The first-order chi connectivity index (χ1) is 9.25. The van der Waals surface area contributed by atoms with E-state index in [1.807, 2.05) is 41.3 Å². The summed E-state index contributed by atoms with van der Waals surface area (Å²) >= 11 is 0. The van der Waals surface area contributed by atoms with Crippen LogP contribution in [0.3, 0.4) is 0 Å². The van der Waals surface area contributed by atoms with Crippen LogP contribution in [0.1, 0.15) is 17.4 Å². The molecule has 0 spiro atoms. The van der Waals surface area contributed by atoms with E-state index < -0.39 is 0 Å². The van der Waals surface area contributed by atoms with Gasteiger partial charge >= 0.3 is 0 Å². The number of hydrogen-bond donors (Lipinski definition) is 1. The lowest BCUT2D eigenvalue weighted by Crippen LogP contribution is -2.52. The Bertz CT molecular complexity index is 611. The lowest BCUT2D eigenvalue weighted by molar-refractivity contribution is 0.0650. The normalized spacial score (nSPS) is 19.6. The van der Waals surface area contributed by atoms with Crippen LogP contribution in [0.15, 0.2) is 36.4 Å². The quantitative estimate of drug-likeness (QED) is 0.843. The van der Waals surface area contributed by atoms with Crippen molar-refractivity contribution < 1.29 is 4.79 Å². The molecule has 4 heteroatoms. The molecular formula is C15H17N3O. The van der Waals surface area contributed by atoms with Crippen LogP contribution in [0, 0.1) is 0 Å². The van der Waals surface area contributed by atoms with Gasteiger partial charge in [0.25, 0.3) is 5.91 Å². The van der Waals surface area contributed by atoms with Crippen LogP contribution >= 0.6 is 0 Å². The van der Waals surface area contributed by atoms with Gasteiger partial charge in [-0.3, -0.25) is 4.79 Å². The predicted molar refractivity (Wildman–Crippen MR) is 75.1 cm³/mol. The fraction of sp³-hybridized carbons (Fsp3) is 0.333. The molecule has 1 aliphatic heterocycles. The summed E-state index contributed by atoms with van der Waals surface area (Å²) in [4.78, 5) is 18.9. The summed E-state index contributed by atoms with van der Waals surface area (Å²) in [5.74, 6) is 0.0275. The molecule has 2 heterocycles. The zero-order valence-corrected chi connectivity index (χ0v) is 11.0. The topological polar surface area (TPSA) is 45.2 Å².